The SMILES string of the molecule is COc1ccc(-c2cccc(/C=C/c3cc(OC)c(CNC4=C(C(=O)O)C(O)=CCC=C4)c(OC)c3)c2C)cc1. The number of carboxylic acids is 1. The number of carbonyl (C=O) groups is 1. The number of aliphatic hydroxyl groups excluding tert-OH is 1. The molecule has 3 N–H and O–H groups in total. The van der Waals surface area contributed by atoms with Crippen molar-refractivity contribution in [1.29, 1.82) is 0 Å². The Labute approximate surface area is 234 Å². The Morgan fingerprint density at radius 2 is 1.68 bits per heavy atom. The minimum Gasteiger partial charge on any atom is -0.507 e. The molecular weight excluding hydrogens is 506 g/mol. The van der Waals surface area contributed by atoms with Crippen LogP contribution in [0.15, 0.2) is 89.9 Å². The molecular formula is C33H33NO6. The van der Waals surface area contributed by atoms with Gasteiger partial charge in [0.05, 0.1) is 32.6 Å². The van der Waals surface area contributed by atoms with Gasteiger partial charge in [0.15, 0.2) is 0 Å². The average Bonchev–Trinajstić information content (AvgIpc) is 3.16. The lowest BCUT2D eigenvalue weighted by molar-refractivity contribution is -0.132. The minimum absolute atomic E-state index is 0.182. The largest absolute Gasteiger partial charge is 0.507 e. The van der Waals surface area contributed by atoms with E-state index in [2.05, 4.69) is 42.6 Å². The molecule has 1 aliphatic carbocycles. The molecule has 3 aromatic carbocycles. The molecule has 206 valence electrons. The van der Waals surface area contributed by atoms with Gasteiger partial charge in [-0.1, -0.05) is 48.6 Å². The number of carboxylic acid groups (broad SMARTS) is 1. The van der Waals surface area contributed by atoms with Crippen molar-refractivity contribution in [3.63, 3.8) is 0 Å². The molecule has 0 spiro atoms. The van der Waals surface area contributed by atoms with Crippen molar-refractivity contribution in [2.75, 3.05) is 21.3 Å². The van der Waals surface area contributed by atoms with Crippen LogP contribution in [0.1, 0.15) is 28.7 Å². The molecule has 0 unspecified atom stereocenters. The summed E-state index contributed by atoms with van der Waals surface area (Å²) in [5.74, 6) is 0.508. The Morgan fingerprint density at radius 1 is 0.975 bits per heavy atom. The van der Waals surface area contributed by atoms with Crippen molar-refractivity contribution < 1.29 is 29.2 Å². The number of hydrogen-bond donors (Lipinski definition) is 3. The predicted octanol–water partition coefficient (Wildman–Crippen LogP) is 6.69. The summed E-state index contributed by atoms with van der Waals surface area (Å²) < 4.78 is 16.7. The first-order chi connectivity index (χ1) is 19.4. The summed E-state index contributed by atoms with van der Waals surface area (Å²) in [7, 11) is 4.82. The molecule has 0 heterocycles. The highest BCUT2D eigenvalue weighted by atomic mass is 16.5. The van der Waals surface area contributed by atoms with Crippen LogP contribution in [0.25, 0.3) is 23.3 Å². The van der Waals surface area contributed by atoms with Gasteiger partial charge in [0.2, 0.25) is 0 Å². The molecule has 0 radical (unpaired) electrons. The molecule has 0 amide bonds. The Balaban J connectivity index is 1.62. The summed E-state index contributed by atoms with van der Waals surface area (Å²) >= 11 is 0. The number of rotatable bonds is 10. The fourth-order valence-corrected chi connectivity index (χ4v) is 4.62. The highest BCUT2D eigenvalue weighted by molar-refractivity contribution is 5.92. The number of allylic oxidation sites excluding steroid dienone is 3. The van der Waals surface area contributed by atoms with E-state index in [1.165, 1.54) is 6.08 Å². The van der Waals surface area contributed by atoms with Crippen LogP contribution in [0.3, 0.4) is 0 Å². The summed E-state index contributed by atoms with van der Waals surface area (Å²) in [6.07, 6.45) is 9.40. The molecule has 0 aromatic heterocycles. The molecule has 0 saturated heterocycles. The van der Waals surface area contributed by atoms with E-state index in [4.69, 9.17) is 14.2 Å². The third kappa shape index (κ3) is 6.21. The van der Waals surface area contributed by atoms with Crippen molar-refractivity contribution >= 4 is 18.1 Å². The first-order valence-corrected chi connectivity index (χ1v) is 12.8. The Bertz CT molecular complexity index is 1490. The maximum Gasteiger partial charge on any atom is 0.341 e. The van der Waals surface area contributed by atoms with E-state index in [0.717, 1.165) is 39.1 Å². The van der Waals surface area contributed by atoms with E-state index in [9.17, 15) is 15.0 Å². The number of ether oxygens (including phenoxy) is 3. The van der Waals surface area contributed by atoms with Crippen LogP contribution in [0, 0.1) is 6.92 Å². The number of benzene rings is 3. The van der Waals surface area contributed by atoms with Gasteiger partial charge < -0.3 is 29.7 Å². The van der Waals surface area contributed by atoms with Crippen LogP contribution in [-0.4, -0.2) is 37.5 Å². The van der Waals surface area contributed by atoms with Gasteiger partial charge in [-0.25, -0.2) is 4.79 Å². The molecule has 0 aliphatic heterocycles. The zero-order valence-electron chi connectivity index (χ0n) is 23.0. The van der Waals surface area contributed by atoms with Crippen LogP contribution in [0.2, 0.25) is 0 Å². The summed E-state index contributed by atoms with van der Waals surface area (Å²) in [5, 5.41) is 22.9. The van der Waals surface area contributed by atoms with E-state index in [1.807, 2.05) is 36.4 Å². The van der Waals surface area contributed by atoms with Gasteiger partial charge in [0.25, 0.3) is 0 Å². The first-order valence-electron chi connectivity index (χ1n) is 12.8. The molecule has 0 fully saturated rings. The Hall–Kier alpha value is -4.91. The maximum atomic E-state index is 11.8. The highest BCUT2D eigenvalue weighted by Gasteiger charge is 2.20. The molecule has 0 bridgehead atoms. The maximum absolute atomic E-state index is 11.8. The molecule has 40 heavy (non-hydrogen) atoms. The second kappa shape index (κ2) is 12.8. The van der Waals surface area contributed by atoms with Gasteiger partial charge in [-0.3, -0.25) is 0 Å². The monoisotopic (exact) mass is 539 g/mol. The lowest BCUT2D eigenvalue weighted by Gasteiger charge is -2.17. The number of hydrogen-bond acceptors (Lipinski definition) is 6. The molecule has 0 atom stereocenters. The van der Waals surface area contributed by atoms with Crippen LogP contribution in [-0.2, 0) is 11.3 Å². The minimum atomic E-state index is -1.21. The molecule has 7 nitrogen and oxygen atoms in total. The number of nitrogens with one attached hydrogen (secondary N) is 1. The Morgan fingerprint density at radius 3 is 2.30 bits per heavy atom. The first kappa shape index (κ1) is 28.1. The van der Waals surface area contributed by atoms with Crippen molar-refractivity contribution in [1.82, 2.24) is 5.32 Å². The molecule has 4 rings (SSSR count). The van der Waals surface area contributed by atoms with E-state index in [1.54, 1.807) is 33.5 Å². The van der Waals surface area contributed by atoms with E-state index >= 15 is 0 Å². The summed E-state index contributed by atoms with van der Waals surface area (Å²) in [6, 6.07) is 18.0. The van der Waals surface area contributed by atoms with Crippen LogP contribution in [0.5, 0.6) is 17.2 Å². The standard InChI is InChI=1S/C33H33NO6/c1-21-23(8-7-9-26(21)24-14-16-25(38-2)17-15-24)13-12-22-18-30(39-3)27(31(19-22)40-4)20-34-28-10-5-6-11-29(35)32(28)33(36)37/h5,7-19,34-35H,6,20H2,1-4H3,(H,36,37)/b13-12+. The van der Waals surface area contributed by atoms with Gasteiger partial charge in [0.1, 0.15) is 28.6 Å². The van der Waals surface area contributed by atoms with Crippen LogP contribution < -0.4 is 19.5 Å². The molecule has 0 saturated carbocycles. The third-order valence-corrected chi connectivity index (χ3v) is 6.79. The lowest BCUT2D eigenvalue weighted by atomic mass is 9.96. The van der Waals surface area contributed by atoms with Crippen molar-refractivity contribution in [2.24, 2.45) is 0 Å². The fourth-order valence-electron chi connectivity index (χ4n) is 4.62. The summed E-state index contributed by atoms with van der Waals surface area (Å²) in [4.78, 5) is 11.8. The zero-order valence-corrected chi connectivity index (χ0v) is 23.0. The molecule has 1 aliphatic rings. The highest BCUT2D eigenvalue weighted by Crippen LogP contribution is 2.33. The van der Waals surface area contributed by atoms with Gasteiger partial charge >= 0.3 is 5.97 Å². The van der Waals surface area contributed by atoms with Crippen molar-refractivity contribution in [2.45, 2.75) is 19.9 Å². The second-order valence-corrected chi connectivity index (χ2v) is 9.16. The fraction of sp³-hybridized carbons (Fsp3) is 0.182. The van der Waals surface area contributed by atoms with Gasteiger partial charge in [-0.05, 0) is 77.6 Å². The average molecular weight is 540 g/mol. The molecule has 7 heteroatoms. The van der Waals surface area contributed by atoms with Gasteiger partial charge in [-0.15, -0.1) is 0 Å². The normalized spacial score (nSPS) is 13.2. The number of aliphatic hydroxyl groups is 1. The summed E-state index contributed by atoms with van der Waals surface area (Å²) in [6.45, 7) is 2.33. The van der Waals surface area contributed by atoms with Crippen molar-refractivity contribution in [3.05, 3.63) is 112 Å². The number of aliphatic carboxylic acids is 1. The van der Waals surface area contributed by atoms with E-state index < -0.39 is 5.97 Å². The van der Waals surface area contributed by atoms with Gasteiger partial charge in [0, 0.05) is 6.54 Å². The lowest BCUT2D eigenvalue weighted by Crippen LogP contribution is -2.19. The summed E-state index contributed by atoms with van der Waals surface area (Å²) in [5.41, 5.74) is 6.22. The second-order valence-electron chi connectivity index (χ2n) is 9.16. The van der Waals surface area contributed by atoms with Crippen LogP contribution >= 0.6 is 0 Å². The smallest absolute Gasteiger partial charge is 0.341 e. The van der Waals surface area contributed by atoms with E-state index in [0.29, 0.717) is 23.6 Å². The Kier molecular flexibility index (Phi) is 8.96. The number of methoxy groups -OCH3 is 3. The quantitative estimate of drug-likeness (QED) is 0.247. The van der Waals surface area contributed by atoms with Gasteiger partial charge in [-0.2, -0.15) is 0 Å². The van der Waals surface area contributed by atoms with Crippen molar-refractivity contribution in [3.8, 4) is 28.4 Å². The zero-order chi connectivity index (χ0) is 28.6. The van der Waals surface area contributed by atoms with E-state index in [-0.39, 0.29) is 17.9 Å². The van der Waals surface area contributed by atoms with Crippen LogP contribution in [0.4, 0.5) is 0 Å². The predicted molar refractivity (Wildman–Crippen MR) is 158 cm³/mol. The molecule has 3 aromatic rings. The topological polar surface area (TPSA) is 97.3 Å². The third-order valence-electron chi connectivity index (χ3n) is 6.79.